The summed E-state index contributed by atoms with van der Waals surface area (Å²) in [7, 11) is 0. The molecule has 6 heteroatoms. The zero-order chi connectivity index (χ0) is 24.3. The van der Waals surface area contributed by atoms with Crippen molar-refractivity contribution >= 4 is 11.8 Å². The Morgan fingerprint density at radius 2 is 1.69 bits per heavy atom. The van der Waals surface area contributed by atoms with E-state index < -0.39 is 6.09 Å². The van der Waals surface area contributed by atoms with Crippen molar-refractivity contribution in [1.82, 2.24) is 0 Å². The van der Waals surface area contributed by atoms with Gasteiger partial charge in [-0.1, -0.05) is 42.5 Å². The molecule has 2 bridgehead atoms. The lowest BCUT2D eigenvalue weighted by atomic mass is 9.83. The van der Waals surface area contributed by atoms with Gasteiger partial charge in [0.1, 0.15) is 18.2 Å². The molecule has 3 saturated heterocycles. The van der Waals surface area contributed by atoms with Gasteiger partial charge in [-0.3, -0.25) is 5.32 Å². The summed E-state index contributed by atoms with van der Waals surface area (Å²) in [4.78, 5) is 12.9. The van der Waals surface area contributed by atoms with E-state index in [2.05, 4.69) is 5.32 Å². The average Bonchev–Trinajstić information content (AvgIpc) is 2.86. The van der Waals surface area contributed by atoms with E-state index in [1.54, 1.807) is 24.3 Å². The fraction of sp³-hybridized carbons (Fsp3) is 0.345. The van der Waals surface area contributed by atoms with Gasteiger partial charge in [0, 0.05) is 30.9 Å². The van der Waals surface area contributed by atoms with Gasteiger partial charge in [0.25, 0.3) is 0 Å². The third-order valence-corrected chi connectivity index (χ3v) is 7.63. The van der Waals surface area contributed by atoms with Crippen molar-refractivity contribution in [3.05, 3.63) is 101 Å². The number of nitrogens with one attached hydrogen (secondary N) is 1. The van der Waals surface area contributed by atoms with Gasteiger partial charge in [0.05, 0.1) is 19.6 Å². The molecule has 1 unspecified atom stereocenters. The Balaban J connectivity index is 1.21. The molecule has 3 fully saturated rings. The van der Waals surface area contributed by atoms with Crippen molar-refractivity contribution < 1.29 is 22.8 Å². The van der Waals surface area contributed by atoms with E-state index in [-0.39, 0.29) is 17.7 Å². The summed E-state index contributed by atoms with van der Waals surface area (Å²) < 4.78 is 33.7. The highest BCUT2D eigenvalue weighted by Crippen LogP contribution is 2.36. The first-order valence-electron chi connectivity index (χ1n) is 12.4. The number of hydrogen-bond acceptors (Lipinski definition) is 2. The minimum absolute atomic E-state index is 0.116. The third-order valence-electron chi connectivity index (χ3n) is 7.63. The normalized spacial score (nSPS) is 23.1. The van der Waals surface area contributed by atoms with Gasteiger partial charge >= 0.3 is 6.09 Å². The second-order valence-electron chi connectivity index (χ2n) is 9.94. The number of amides is 1. The Morgan fingerprint density at radius 3 is 2.46 bits per heavy atom. The summed E-state index contributed by atoms with van der Waals surface area (Å²) in [6, 6.07) is 20.8. The summed E-state index contributed by atoms with van der Waals surface area (Å²) >= 11 is 0. The second-order valence-corrected chi connectivity index (χ2v) is 9.94. The van der Waals surface area contributed by atoms with Crippen LogP contribution in [-0.4, -0.2) is 42.9 Å². The maximum atomic E-state index is 13.6. The summed E-state index contributed by atoms with van der Waals surface area (Å²) in [6.45, 7) is 3.91. The highest BCUT2D eigenvalue weighted by Gasteiger charge is 2.47. The lowest BCUT2D eigenvalue weighted by molar-refractivity contribution is -0.945. The molecule has 0 saturated carbocycles. The van der Waals surface area contributed by atoms with Gasteiger partial charge in [-0.2, -0.15) is 0 Å². The summed E-state index contributed by atoms with van der Waals surface area (Å²) in [6.07, 6.45) is 2.94. The Morgan fingerprint density at radius 1 is 0.914 bits per heavy atom. The lowest BCUT2D eigenvalue weighted by Crippen LogP contribution is -2.65. The van der Waals surface area contributed by atoms with Gasteiger partial charge in [0.15, 0.2) is 6.10 Å². The Bertz CT molecular complexity index is 1170. The predicted molar refractivity (Wildman–Crippen MR) is 132 cm³/mol. The monoisotopic (exact) mass is 477 g/mol. The second kappa shape index (κ2) is 10.2. The molecular formula is C29H31F2N2O2+. The molecule has 3 heterocycles. The first-order valence-corrected chi connectivity index (χ1v) is 12.4. The number of halogens is 2. The SMILES string of the molecule is O=C(Nc1ccccc1Cc1ccc(F)cc1)OC1C[N+]2(CCc3cccc(F)c3)CCC1CC2. The molecule has 6 rings (SSSR count). The number of fused-ring (bicyclic) bond motifs is 3. The van der Waals surface area contributed by atoms with Crippen molar-refractivity contribution in [2.24, 2.45) is 5.92 Å². The number of nitrogens with zero attached hydrogens (tertiary/aromatic N) is 1. The van der Waals surface area contributed by atoms with E-state index in [9.17, 15) is 13.6 Å². The van der Waals surface area contributed by atoms with E-state index in [1.807, 2.05) is 30.3 Å². The number of para-hydroxylation sites is 1. The number of rotatable bonds is 7. The van der Waals surface area contributed by atoms with Gasteiger partial charge in [-0.05, 0) is 53.4 Å². The standard InChI is InChI=1S/C29H30F2N2O2/c30-25-10-8-22(9-11-25)18-24-5-1-2-7-27(24)32-29(34)35-28-20-33(16-13-23(28)14-17-33)15-12-21-4-3-6-26(31)19-21/h1-11,19,23,28H,12-18,20H2/p+1. The van der Waals surface area contributed by atoms with Gasteiger partial charge < -0.3 is 9.22 Å². The molecule has 4 nitrogen and oxygen atoms in total. The maximum absolute atomic E-state index is 13.6. The van der Waals surface area contributed by atoms with E-state index in [1.165, 1.54) is 18.2 Å². The minimum atomic E-state index is -0.432. The first-order chi connectivity index (χ1) is 17.0. The van der Waals surface area contributed by atoms with Crippen LogP contribution in [0.15, 0.2) is 72.8 Å². The van der Waals surface area contributed by atoms with Crippen molar-refractivity contribution in [1.29, 1.82) is 0 Å². The number of benzene rings is 3. The molecule has 1 amide bonds. The van der Waals surface area contributed by atoms with Crippen LogP contribution in [0, 0.1) is 17.6 Å². The third kappa shape index (κ3) is 5.70. The number of hydrogen-bond donors (Lipinski definition) is 1. The highest BCUT2D eigenvalue weighted by molar-refractivity contribution is 5.85. The van der Waals surface area contributed by atoms with Gasteiger partial charge in [-0.25, -0.2) is 13.6 Å². The number of anilines is 1. The number of carbonyl (C=O) groups excluding carboxylic acids is 1. The molecule has 0 spiro atoms. The number of carbonyl (C=O) groups is 1. The van der Waals surface area contributed by atoms with Crippen molar-refractivity contribution in [3.8, 4) is 0 Å². The Kier molecular flexibility index (Phi) is 6.82. The topological polar surface area (TPSA) is 38.3 Å². The van der Waals surface area contributed by atoms with Crippen LogP contribution >= 0.6 is 0 Å². The molecule has 1 N–H and O–H groups in total. The molecule has 0 radical (unpaired) electrons. The Labute approximate surface area is 205 Å². The minimum Gasteiger partial charge on any atom is -0.440 e. The first kappa shape index (κ1) is 23.5. The number of quaternary nitrogens is 1. The van der Waals surface area contributed by atoms with Crippen LogP contribution in [0.1, 0.15) is 29.5 Å². The quantitative estimate of drug-likeness (QED) is 0.427. The molecule has 3 aromatic carbocycles. The molecule has 1 atom stereocenters. The zero-order valence-electron chi connectivity index (χ0n) is 19.8. The fourth-order valence-corrected chi connectivity index (χ4v) is 5.62. The fourth-order valence-electron chi connectivity index (χ4n) is 5.62. The Hall–Kier alpha value is -3.25. The van der Waals surface area contributed by atoms with Crippen molar-refractivity contribution in [3.63, 3.8) is 0 Å². The van der Waals surface area contributed by atoms with Crippen LogP contribution in [0.5, 0.6) is 0 Å². The van der Waals surface area contributed by atoms with Crippen molar-refractivity contribution in [2.75, 3.05) is 31.5 Å². The van der Waals surface area contributed by atoms with Crippen LogP contribution in [0.25, 0.3) is 0 Å². The van der Waals surface area contributed by atoms with Crippen LogP contribution in [-0.2, 0) is 17.6 Å². The molecule has 3 aliphatic heterocycles. The smallest absolute Gasteiger partial charge is 0.412 e. The lowest BCUT2D eigenvalue weighted by Gasteiger charge is -2.52. The summed E-state index contributed by atoms with van der Waals surface area (Å²) in [5.74, 6) is -0.0700. The van der Waals surface area contributed by atoms with E-state index in [0.29, 0.717) is 18.0 Å². The molecule has 0 aromatic heterocycles. The molecular weight excluding hydrogens is 446 g/mol. The van der Waals surface area contributed by atoms with Crippen molar-refractivity contribution in [2.45, 2.75) is 31.8 Å². The molecule has 182 valence electrons. The zero-order valence-corrected chi connectivity index (χ0v) is 19.8. The van der Waals surface area contributed by atoms with Gasteiger partial charge in [-0.15, -0.1) is 0 Å². The van der Waals surface area contributed by atoms with Crippen LogP contribution < -0.4 is 5.32 Å². The van der Waals surface area contributed by atoms with E-state index >= 15 is 0 Å². The number of piperidine rings is 3. The largest absolute Gasteiger partial charge is 0.440 e. The van der Waals surface area contributed by atoms with Crippen LogP contribution in [0.3, 0.4) is 0 Å². The number of ether oxygens (including phenoxy) is 1. The highest BCUT2D eigenvalue weighted by atomic mass is 19.1. The summed E-state index contributed by atoms with van der Waals surface area (Å²) in [5, 5.41) is 2.94. The average molecular weight is 478 g/mol. The summed E-state index contributed by atoms with van der Waals surface area (Å²) in [5.41, 5.74) is 3.64. The van der Waals surface area contributed by atoms with E-state index in [0.717, 1.165) is 66.6 Å². The van der Waals surface area contributed by atoms with Crippen LogP contribution in [0.2, 0.25) is 0 Å². The van der Waals surface area contributed by atoms with Gasteiger partial charge in [0.2, 0.25) is 0 Å². The molecule has 3 aliphatic rings. The van der Waals surface area contributed by atoms with E-state index in [4.69, 9.17) is 4.74 Å². The van der Waals surface area contributed by atoms with Crippen LogP contribution in [0.4, 0.5) is 19.3 Å². The molecule has 3 aromatic rings. The predicted octanol–water partition coefficient (Wildman–Crippen LogP) is 5.96. The molecule has 35 heavy (non-hydrogen) atoms. The maximum Gasteiger partial charge on any atom is 0.412 e. The molecule has 0 aliphatic carbocycles.